The lowest BCUT2D eigenvalue weighted by Gasteiger charge is -2.09. The largest absolute Gasteiger partial charge is 0.342 e. The van der Waals surface area contributed by atoms with E-state index in [1.807, 2.05) is 31.2 Å². The Morgan fingerprint density at radius 1 is 1.24 bits per heavy atom. The Bertz CT molecular complexity index is 886. The van der Waals surface area contributed by atoms with Gasteiger partial charge < -0.3 is 4.98 Å². The van der Waals surface area contributed by atoms with E-state index in [2.05, 4.69) is 38.9 Å². The first-order valence-corrected chi connectivity index (χ1v) is 7.95. The molecule has 0 radical (unpaired) electrons. The number of aromatic nitrogens is 3. The summed E-state index contributed by atoms with van der Waals surface area (Å²) in [4.78, 5) is 12.5. The summed E-state index contributed by atoms with van der Waals surface area (Å²) < 4.78 is 1.53. The normalized spacial score (nSPS) is 11.0. The molecule has 0 atom stereocenters. The minimum atomic E-state index is 0.627. The van der Waals surface area contributed by atoms with Gasteiger partial charge in [-0.2, -0.15) is 0 Å². The quantitative estimate of drug-likeness (QED) is 0.655. The van der Waals surface area contributed by atoms with E-state index in [1.54, 1.807) is 0 Å². The van der Waals surface area contributed by atoms with Gasteiger partial charge in [-0.25, -0.2) is 9.97 Å². The molecule has 0 aliphatic heterocycles. The summed E-state index contributed by atoms with van der Waals surface area (Å²) in [7, 11) is 0. The van der Waals surface area contributed by atoms with Crippen molar-refractivity contribution in [2.45, 2.75) is 20.3 Å². The lowest BCUT2D eigenvalue weighted by molar-refractivity contribution is 0.963. The number of para-hydroxylation sites is 1. The van der Waals surface area contributed by atoms with E-state index in [1.165, 1.54) is 0 Å². The van der Waals surface area contributed by atoms with Crippen LogP contribution >= 0.6 is 28.1 Å². The molecule has 0 unspecified atom stereocenters. The lowest BCUT2D eigenvalue weighted by atomic mass is 10.2. The van der Waals surface area contributed by atoms with E-state index in [9.17, 15) is 0 Å². The first-order valence-electron chi connectivity index (χ1n) is 6.75. The van der Waals surface area contributed by atoms with Crippen LogP contribution in [0.4, 0.5) is 0 Å². The second-order valence-electron chi connectivity index (χ2n) is 4.86. The summed E-state index contributed by atoms with van der Waals surface area (Å²) >= 11 is 8.95. The number of hydrogen-bond donors (Lipinski definition) is 1. The van der Waals surface area contributed by atoms with Gasteiger partial charge in [-0.1, -0.05) is 37.3 Å². The van der Waals surface area contributed by atoms with Gasteiger partial charge in [-0.05, 0) is 41.4 Å². The Kier molecular flexibility index (Phi) is 3.87. The Morgan fingerprint density at radius 2 is 2.00 bits per heavy atom. The van der Waals surface area contributed by atoms with Crippen LogP contribution in [-0.4, -0.2) is 15.0 Å². The van der Waals surface area contributed by atoms with Crippen molar-refractivity contribution in [3.63, 3.8) is 0 Å². The van der Waals surface area contributed by atoms with Crippen molar-refractivity contribution in [3.8, 4) is 11.5 Å². The summed E-state index contributed by atoms with van der Waals surface area (Å²) in [6, 6.07) is 10.1. The molecule has 21 heavy (non-hydrogen) atoms. The number of pyridine rings is 1. The molecule has 3 rings (SSSR count). The number of nitrogens with one attached hydrogen (secondary N) is 1. The number of aryl methyl sites for hydroxylation is 1. The van der Waals surface area contributed by atoms with Crippen LogP contribution in [0.5, 0.6) is 0 Å². The topological polar surface area (TPSA) is 41.6 Å². The van der Waals surface area contributed by atoms with E-state index >= 15 is 0 Å². The highest BCUT2D eigenvalue weighted by atomic mass is 79.9. The maximum absolute atomic E-state index is 5.36. The molecule has 0 spiro atoms. The average molecular weight is 360 g/mol. The van der Waals surface area contributed by atoms with Crippen molar-refractivity contribution in [3.05, 3.63) is 50.7 Å². The van der Waals surface area contributed by atoms with Crippen molar-refractivity contribution in [1.82, 2.24) is 15.0 Å². The molecule has 0 aliphatic carbocycles. The van der Waals surface area contributed by atoms with Gasteiger partial charge in [0.05, 0.1) is 5.52 Å². The molecule has 0 bridgehead atoms. The monoisotopic (exact) mass is 359 g/mol. The standard InChI is InChI=1S/C16H14BrN3S/c1-3-12-9(2)16(21)20-15(19-12)14-11(17)8-10-6-4-5-7-13(10)18-14/h4-8H,3H2,1-2H3,(H,19,20,21). The molecule has 1 aromatic carbocycles. The smallest absolute Gasteiger partial charge is 0.159 e. The van der Waals surface area contributed by atoms with Gasteiger partial charge in [0.1, 0.15) is 10.3 Å². The zero-order chi connectivity index (χ0) is 15.0. The highest BCUT2D eigenvalue weighted by Crippen LogP contribution is 2.28. The van der Waals surface area contributed by atoms with Gasteiger partial charge in [-0.15, -0.1) is 0 Å². The molecule has 3 aromatic rings. The van der Waals surface area contributed by atoms with Crippen molar-refractivity contribution >= 4 is 39.1 Å². The van der Waals surface area contributed by atoms with Crippen LogP contribution < -0.4 is 0 Å². The summed E-state index contributed by atoms with van der Waals surface area (Å²) in [5.74, 6) is 0.708. The molecule has 106 valence electrons. The van der Waals surface area contributed by atoms with Crippen LogP contribution in [0.3, 0.4) is 0 Å². The summed E-state index contributed by atoms with van der Waals surface area (Å²) in [6.45, 7) is 4.09. The zero-order valence-electron chi connectivity index (χ0n) is 11.8. The van der Waals surface area contributed by atoms with Gasteiger partial charge >= 0.3 is 0 Å². The molecule has 2 heterocycles. The molecule has 0 saturated heterocycles. The molecule has 0 aliphatic rings. The van der Waals surface area contributed by atoms with Crippen molar-refractivity contribution in [2.24, 2.45) is 0 Å². The number of aromatic amines is 1. The van der Waals surface area contributed by atoms with Gasteiger partial charge in [0, 0.05) is 21.1 Å². The fraction of sp³-hybridized carbons (Fsp3) is 0.188. The predicted molar refractivity (Wildman–Crippen MR) is 92.0 cm³/mol. The summed E-state index contributed by atoms with van der Waals surface area (Å²) in [6.07, 6.45) is 0.885. The molecule has 5 heteroatoms. The number of fused-ring (bicyclic) bond motifs is 1. The molecule has 0 fully saturated rings. The van der Waals surface area contributed by atoms with Crippen LogP contribution in [0.1, 0.15) is 18.2 Å². The van der Waals surface area contributed by atoms with E-state index in [0.29, 0.717) is 10.5 Å². The Morgan fingerprint density at radius 3 is 2.76 bits per heavy atom. The lowest BCUT2D eigenvalue weighted by Crippen LogP contribution is -2.01. The first kappa shape index (κ1) is 14.4. The van der Waals surface area contributed by atoms with Crippen LogP contribution in [0.15, 0.2) is 34.8 Å². The number of H-pyrrole nitrogens is 1. The fourth-order valence-corrected chi connectivity index (χ4v) is 3.04. The van der Waals surface area contributed by atoms with E-state index < -0.39 is 0 Å². The number of halogens is 1. The maximum Gasteiger partial charge on any atom is 0.159 e. The average Bonchev–Trinajstić information content (AvgIpc) is 2.49. The van der Waals surface area contributed by atoms with E-state index in [4.69, 9.17) is 17.2 Å². The Balaban J connectivity index is 2.27. The minimum absolute atomic E-state index is 0.627. The minimum Gasteiger partial charge on any atom is -0.342 e. The van der Waals surface area contributed by atoms with Crippen molar-refractivity contribution in [1.29, 1.82) is 0 Å². The number of rotatable bonds is 2. The molecule has 0 amide bonds. The van der Waals surface area contributed by atoms with Crippen LogP contribution in [-0.2, 0) is 6.42 Å². The fourth-order valence-electron chi connectivity index (χ4n) is 2.30. The summed E-state index contributed by atoms with van der Waals surface area (Å²) in [5, 5.41) is 1.09. The number of benzene rings is 1. The van der Waals surface area contributed by atoms with Gasteiger partial charge in [-0.3, -0.25) is 0 Å². The van der Waals surface area contributed by atoms with E-state index in [-0.39, 0.29) is 0 Å². The number of nitrogens with zero attached hydrogens (tertiary/aromatic N) is 2. The number of hydrogen-bond acceptors (Lipinski definition) is 3. The van der Waals surface area contributed by atoms with Gasteiger partial charge in [0.2, 0.25) is 0 Å². The predicted octanol–water partition coefficient (Wildman–Crippen LogP) is 4.99. The van der Waals surface area contributed by atoms with Crippen LogP contribution in [0.2, 0.25) is 0 Å². The molecule has 3 nitrogen and oxygen atoms in total. The van der Waals surface area contributed by atoms with Crippen LogP contribution in [0.25, 0.3) is 22.4 Å². The highest BCUT2D eigenvalue weighted by molar-refractivity contribution is 9.10. The molecule has 0 saturated carbocycles. The molecule has 2 aromatic heterocycles. The first-order chi connectivity index (χ1) is 10.1. The SMILES string of the molecule is CCc1[nH]c(-c2nc3ccccc3cc2Br)nc(=S)c1C. The highest BCUT2D eigenvalue weighted by Gasteiger charge is 2.11. The third-order valence-electron chi connectivity index (χ3n) is 3.51. The third kappa shape index (κ3) is 2.63. The Labute approximate surface area is 136 Å². The second-order valence-corrected chi connectivity index (χ2v) is 6.10. The van der Waals surface area contributed by atoms with Crippen LogP contribution in [0, 0.1) is 11.6 Å². The molecule has 1 N–H and O–H groups in total. The van der Waals surface area contributed by atoms with Crippen molar-refractivity contribution < 1.29 is 0 Å². The van der Waals surface area contributed by atoms with Gasteiger partial charge in [0.25, 0.3) is 0 Å². The van der Waals surface area contributed by atoms with Gasteiger partial charge in [0.15, 0.2) is 5.82 Å². The maximum atomic E-state index is 5.36. The third-order valence-corrected chi connectivity index (χ3v) is 4.51. The zero-order valence-corrected chi connectivity index (χ0v) is 14.2. The summed E-state index contributed by atoms with van der Waals surface area (Å²) in [5.41, 5.74) is 3.87. The van der Waals surface area contributed by atoms with Crippen molar-refractivity contribution in [2.75, 3.05) is 0 Å². The molecular weight excluding hydrogens is 346 g/mol. The Hall–Kier alpha value is -1.59. The van der Waals surface area contributed by atoms with E-state index in [0.717, 1.165) is 38.7 Å². The molecular formula is C16H14BrN3S. The second kappa shape index (κ2) is 5.66.